The van der Waals surface area contributed by atoms with Crippen molar-refractivity contribution < 1.29 is 18.1 Å². The summed E-state index contributed by atoms with van der Waals surface area (Å²) in [5.74, 6) is 0.757. The van der Waals surface area contributed by atoms with E-state index >= 15 is 0 Å². The Kier molecular flexibility index (Phi) is 5.56. The number of non-ortho nitro benzene ring substituents is 1. The van der Waals surface area contributed by atoms with Crippen LogP contribution in [0.3, 0.4) is 0 Å². The number of nitro benzene ring substituents is 1. The number of sulfone groups is 1. The molecule has 2 aromatic rings. The Morgan fingerprint density at radius 3 is 2.27 bits per heavy atom. The van der Waals surface area contributed by atoms with Gasteiger partial charge in [-0.2, -0.15) is 0 Å². The minimum atomic E-state index is -3.61. The monoisotopic (exact) mass is 378 g/mol. The second kappa shape index (κ2) is 7.33. The number of anilines is 1. The predicted octanol–water partition coefficient (Wildman–Crippen LogP) is 3.40. The van der Waals surface area contributed by atoms with E-state index in [0.717, 1.165) is 23.6 Å². The lowest BCUT2D eigenvalue weighted by molar-refractivity contribution is -0.385. The molecule has 0 heterocycles. The third-order valence-electron chi connectivity index (χ3n) is 4.17. The summed E-state index contributed by atoms with van der Waals surface area (Å²) in [7, 11) is -2.01. The molecule has 0 aliphatic rings. The number of ether oxygens (including phenoxy) is 1. The molecule has 7 nitrogen and oxygen atoms in total. The standard InChI is InChI=1S/C18H22N2O5S/c1-18(2,13-5-8-15(25-3)9-6-13)12-19-16-10-7-14(20(21)22)11-17(16)26(4,23)24/h5-11,19H,12H2,1-4H3. The highest BCUT2D eigenvalue weighted by molar-refractivity contribution is 7.90. The minimum Gasteiger partial charge on any atom is -0.497 e. The fourth-order valence-corrected chi connectivity index (χ4v) is 3.41. The van der Waals surface area contributed by atoms with Crippen molar-refractivity contribution in [2.45, 2.75) is 24.2 Å². The van der Waals surface area contributed by atoms with Gasteiger partial charge in [0.15, 0.2) is 9.84 Å². The molecule has 0 atom stereocenters. The summed E-state index contributed by atoms with van der Waals surface area (Å²) >= 11 is 0. The number of hydrogen-bond donors (Lipinski definition) is 1. The molecule has 0 aliphatic carbocycles. The molecular weight excluding hydrogens is 356 g/mol. The van der Waals surface area contributed by atoms with Crippen molar-refractivity contribution in [3.8, 4) is 5.75 Å². The van der Waals surface area contributed by atoms with Gasteiger partial charge in [0.25, 0.3) is 5.69 Å². The summed E-state index contributed by atoms with van der Waals surface area (Å²) < 4.78 is 29.2. The molecule has 0 bridgehead atoms. The normalized spacial score (nSPS) is 11.8. The Hall–Kier alpha value is -2.61. The smallest absolute Gasteiger partial charge is 0.270 e. The fourth-order valence-electron chi connectivity index (χ4n) is 2.54. The Morgan fingerprint density at radius 2 is 1.77 bits per heavy atom. The highest BCUT2D eigenvalue weighted by Crippen LogP contribution is 2.30. The number of nitrogens with zero attached hydrogens (tertiary/aromatic N) is 1. The van der Waals surface area contributed by atoms with Crippen molar-refractivity contribution in [3.05, 3.63) is 58.1 Å². The first-order valence-corrected chi connectivity index (χ1v) is 9.80. The van der Waals surface area contributed by atoms with Gasteiger partial charge < -0.3 is 10.1 Å². The molecule has 0 spiro atoms. The zero-order valence-electron chi connectivity index (χ0n) is 15.1. The summed E-state index contributed by atoms with van der Waals surface area (Å²) in [5.41, 5.74) is 0.835. The van der Waals surface area contributed by atoms with E-state index < -0.39 is 14.8 Å². The van der Waals surface area contributed by atoms with Crippen LogP contribution in [0, 0.1) is 10.1 Å². The van der Waals surface area contributed by atoms with Crippen molar-refractivity contribution >= 4 is 21.2 Å². The molecule has 140 valence electrons. The molecular formula is C18H22N2O5S. The van der Waals surface area contributed by atoms with Crippen LogP contribution in [0.15, 0.2) is 47.4 Å². The van der Waals surface area contributed by atoms with E-state index in [1.165, 1.54) is 12.1 Å². The maximum absolute atomic E-state index is 12.0. The van der Waals surface area contributed by atoms with Gasteiger partial charge in [-0.05, 0) is 23.8 Å². The Morgan fingerprint density at radius 1 is 1.15 bits per heavy atom. The van der Waals surface area contributed by atoms with Crippen molar-refractivity contribution in [1.82, 2.24) is 0 Å². The molecule has 26 heavy (non-hydrogen) atoms. The van der Waals surface area contributed by atoms with Gasteiger partial charge in [-0.15, -0.1) is 0 Å². The molecule has 0 saturated heterocycles. The topological polar surface area (TPSA) is 98.5 Å². The summed E-state index contributed by atoms with van der Waals surface area (Å²) in [4.78, 5) is 10.2. The number of nitro groups is 1. The van der Waals surface area contributed by atoms with E-state index in [0.29, 0.717) is 12.2 Å². The van der Waals surface area contributed by atoms with Crippen LogP contribution in [0.4, 0.5) is 11.4 Å². The largest absolute Gasteiger partial charge is 0.497 e. The summed E-state index contributed by atoms with van der Waals surface area (Å²) in [6, 6.07) is 11.4. The van der Waals surface area contributed by atoms with Crippen LogP contribution < -0.4 is 10.1 Å². The molecule has 1 N–H and O–H groups in total. The molecule has 0 unspecified atom stereocenters. The lowest BCUT2D eigenvalue weighted by Gasteiger charge is -2.27. The maximum atomic E-state index is 12.0. The molecule has 0 aliphatic heterocycles. The zero-order chi connectivity index (χ0) is 19.5. The number of benzene rings is 2. The lowest BCUT2D eigenvalue weighted by Crippen LogP contribution is -2.28. The van der Waals surface area contributed by atoms with Gasteiger partial charge in [0.2, 0.25) is 0 Å². The average molecular weight is 378 g/mol. The summed E-state index contributed by atoms with van der Waals surface area (Å²) in [5, 5.41) is 14.0. The quantitative estimate of drug-likeness (QED) is 0.586. The van der Waals surface area contributed by atoms with Gasteiger partial charge in [0.1, 0.15) is 5.75 Å². The Labute approximate surface area is 153 Å². The third-order valence-corrected chi connectivity index (χ3v) is 5.30. The number of methoxy groups -OCH3 is 1. The molecule has 0 amide bonds. The first kappa shape index (κ1) is 19.7. The maximum Gasteiger partial charge on any atom is 0.270 e. The van der Waals surface area contributed by atoms with E-state index in [1.807, 2.05) is 38.1 Å². The third kappa shape index (κ3) is 4.51. The number of nitrogens with one attached hydrogen (secondary N) is 1. The molecule has 0 fully saturated rings. The highest BCUT2D eigenvalue weighted by Gasteiger charge is 2.23. The first-order valence-electron chi connectivity index (χ1n) is 7.91. The van der Waals surface area contributed by atoms with Gasteiger partial charge in [-0.25, -0.2) is 8.42 Å². The van der Waals surface area contributed by atoms with E-state index in [-0.39, 0.29) is 16.0 Å². The van der Waals surface area contributed by atoms with Gasteiger partial charge in [0.05, 0.1) is 22.6 Å². The van der Waals surface area contributed by atoms with Crippen LogP contribution in [0.25, 0.3) is 0 Å². The van der Waals surface area contributed by atoms with Crippen LogP contribution in [0.2, 0.25) is 0 Å². The molecule has 2 rings (SSSR count). The molecule has 2 aromatic carbocycles. The fraction of sp³-hybridized carbons (Fsp3) is 0.333. The van der Waals surface area contributed by atoms with E-state index in [2.05, 4.69) is 5.32 Å². The summed E-state index contributed by atoms with van der Waals surface area (Å²) in [6.07, 6.45) is 1.03. The van der Waals surface area contributed by atoms with Crippen LogP contribution in [0.1, 0.15) is 19.4 Å². The van der Waals surface area contributed by atoms with Crippen molar-refractivity contribution in [2.75, 3.05) is 25.2 Å². The van der Waals surface area contributed by atoms with Crippen LogP contribution in [0.5, 0.6) is 5.75 Å². The lowest BCUT2D eigenvalue weighted by atomic mass is 9.84. The van der Waals surface area contributed by atoms with Gasteiger partial charge in [-0.3, -0.25) is 10.1 Å². The van der Waals surface area contributed by atoms with Crippen LogP contribution >= 0.6 is 0 Å². The van der Waals surface area contributed by atoms with Gasteiger partial charge in [0, 0.05) is 30.3 Å². The molecule has 0 aromatic heterocycles. The minimum absolute atomic E-state index is 0.0859. The SMILES string of the molecule is COc1ccc(C(C)(C)CNc2ccc([N+](=O)[O-])cc2S(C)(=O)=O)cc1. The Bertz CT molecular complexity index is 906. The van der Waals surface area contributed by atoms with Crippen molar-refractivity contribution in [1.29, 1.82) is 0 Å². The zero-order valence-corrected chi connectivity index (χ0v) is 16.0. The predicted molar refractivity (Wildman–Crippen MR) is 101 cm³/mol. The van der Waals surface area contributed by atoms with E-state index in [4.69, 9.17) is 4.74 Å². The molecule has 0 radical (unpaired) electrons. The Balaban J connectivity index is 2.28. The second-order valence-corrected chi connectivity index (χ2v) is 8.66. The van der Waals surface area contributed by atoms with E-state index in [9.17, 15) is 18.5 Å². The molecule has 8 heteroatoms. The first-order chi connectivity index (χ1) is 12.0. The number of rotatable bonds is 7. The van der Waals surface area contributed by atoms with Crippen molar-refractivity contribution in [3.63, 3.8) is 0 Å². The number of hydrogen-bond acceptors (Lipinski definition) is 6. The van der Waals surface area contributed by atoms with E-state index in [1.54, 1.807) is 7.11 Å². The van der Waals surface area contributed by atoms with Crippen LogP contribution in [-0.4, -0.2) is 33.3 Å². The molecule has 0 saturated carbocycles. The van der Waals surface area contributed by atoms with Gasteiger partial charge >= 0.3 is 0 Å². The van der Waals surface area contributed by atoms with Crippen molar-refractivity contribution in [2.24, 2.45) is 0 Å². The second-order valence-electron chi connectivity index (χ2n) is 6.68. The van der Waals surface area contributed by atoms with Gasteiger partial charge in [-0.1, -0.05) is 26.0 Å². The average Bonchev–Trinajstić information content (AvgIpc) is 2.59. The highest BCUT2D eigenvalue weighted by atomic mass is 32.2. The van der Waals surface area contributed by atoms with Crippen LogP contribution in [-0.2, 0) is 15.3 Å². The summed E-state index contributed by atoms with van der Waals surface area (Å²) in [6.45, 7) is 4.49.